The van der Waals surface area contributed by atoms with E-state index in [1.807, 2.05) is 0 Å². The van der Waals surface area contributed by atoms with E-state index < -0.39 is 10.0 Å². The third-order valence-corrected chi connectivity index (χ3v) is 5.25. The summed E-state index contributed by atoms with van der Waals surface area (Å²) in [6.45, 7) is 0. The first-order chi connectivity index (χ1) is 9.34. The average molecular weight is 331 g/mol. The zero-order valence-electron chi connectivity index (χ0n) is 10.5. The Hall–Kier alpha value is -1.43. The van der Waals surface area contributed by atoms with E-state index in [2.05, 4.69) is 0 Å². The second kappa shape index (κ2) is 5.52. The molecule has 0 radical (unpaired) electrons. The molecule has 0 saturated heterocycles. The van der Waals surface area contributed by atoms with Crippen LogP contribution in [0.5, 0.6) is 0 Å². The maximum Gasteiger partial charge on any atom is 0.264 e. The Kier molecular flexibility index (Phi) is 4.13. The minimum atomic E-state index is -3.74. The molecule has 2 aromatic rings. The van der Waals surface area contributed by atoms with Crippen molar-refractivity contribution in [1.29, 1.82) is 0 Å². The highest BCUT2D eigenvalue weighted by molar-refractivity contribution is 7.92. The number of halogens is 2. The minimum absolute atomic E-state index is 0.0572. The van der Waals surface area contributed by atoms with Crippen LogP contribution in [0.3, 0.4) is 0 Å². The van der Waals surface area contributed by atoms with E-state index in [9.17, 15) is 8.42 Å². The average Bonchev–Trinajstić information content (AvgIpc) is 2.41. The molecule has 0 aromatic heterocycles. The highest BCUT2D eigenvalue weighted by Gasteiger charge is 2.23. The molecule has 2 rings (SSSR count). The summed E-state index contributed by atoms with van der Waals surface area (Å²) >= 11 is 11.8. The van der Waals surface area contributed by atoms with Crippen molar-refractivity contribution >= 4 is 44.6 Å². The minimum Gasteiger partial charge on any atom is -0.397 e. The van der Waals surface area contributed by atoms with Crippen molar-refractivity contribution in [2.45, 2.75) is 4.90 Å². The van der Waals surface area contributed by atoms with Gasteiger partial charge >= 0.3 is 0 Å². The first-order valence-corrected chi connectivity index (χ1v) is 7.82. The van der Waals surface area contributed by atoms with Gasteiger partial charge in [-0.25, -0.2) is 8.42 Å². The Balaban J connectivity index is 2.50. The van der Waals surface area contributed by atoms with E-state index in [-0.39, 0.29) is 10.6 Å². The summed E-state index contributed by atoms with van der Waals surface area (Å²) < 4.78 is 26.1. The number of nitrogens with two attached hydrogens (primary N) is 1. The molecule has 0 fully saturated rings. The zero-order chi connectivity index (χ0) is 14.9. The van der Waals surface area contributed by atoms with E-state index >= 15 is 0 Å². The first kappa shape index (κ1) is 15.0. The lowest BCUT2D eigenvalue weighted by Gasteiger charge is -2.20. The monoisotopic (exact) mass is 330 g/mol. The fourth-order valence-electron chi connectivity index (χ4n) is 1.68. The van der Waals surface area contributed by atoms with Crippen LogP contribution in [0.2, 0.25) is 10.0 Å². The smallest absolute Gasteiger partial charge is 0.264 e. The number of rotatable bonds is 3. The quantitative estimate of drug-likeness (QED) is 0.877. The normalized spacial score (nSPS) is 11.3. The van der Waals surface area contributed by atoms with Crippen molar-refractivity contribution in [3.05, 3.63) is 52.5 Å². The Morgan fingerprint density at radius 1 is 1.05 bits per heavy atom. The number of nitrogens with zero attached hydrogens (tertiary/aromatic N) is 1. The molecule has 2 N–H and O–H groups in total. The molecule has 7 heteroatoms. The Labute approximate surface area is 127 Å². The molecular weight excluding hydrogens is 319 g/mol. The molecule has 0 spiro atoms. The molecule has 0 aliphatic carbocycles. The summed E-state index contributed by atoms with van der Waals surface area (Å²) in [4.78, 5) is 0.0572. The van der Waals surface area contributed by atoms with E-state index in [0.717, 1.165) is 4.31 Å². The molecule has 106 valence electrons. The van der Waals surface area contributed by atoms with Crippen LogP contribution in [0, 0.1) is 0 Å². The topological polar surface area (TPSA) is 63.4 Å². The van der Waals surface area contributed by atoms with Crippen LogP contribution in [-0.4, -0.2) is 15.5 Å². The van der Waals surface area contributed by atoms with Gasteiger partial charge < -0.3 is 5.73 Å². The van der Waals surface area contributed by atoms with Gasteiger partial charge in [-0.2, -0.15) is 0 Å². The summed E-state index contributed by atoms with van der Waals surface area (Å²) in [6.07, 6.45) is 0. The molecule has 0 saturated carbocycles. The Morgan fingerprint density at radius 2 is 1.70 bits per heavy atom. The third kappa shape index (κ3) is 2.70. The van der Waals surface area contributed by atoms with Gasteiger partial charge in [-0.3, -0.25) is 4.31 Å². The Morgan fingerprint density at radius 3 is 2.30 bits per heavy atom. The number of benzene rings is 2. The second-order valence-corrected chi connectivity index (χ2v) is 6.89. The first-order valence-electron chi connectivity index (χ1n) is 5.62. The highest BCUT2D eigenvalue weighted by Crippen LogP contribution is 2.30. The predicted octanol–water partition coefficient (Wildman–Crippen LogP) is 3.40. The largest absolute Gasteiger partial charge is 0.397 e. The molecule has 20 heavy (non-hydrogen) atoms. The number of hydrogen-bond donors (Lipinski definition) is 1. The van der Waals surface area contributed by atoms with Gasteiger partial charge in [0.25, 0.3) is 10.0 Å². The van der Waals surface area contributed by atoms with Crippen LogP contribution in [0.15, 0.2) is 47.4 Å². The number of para-hydroxylation sites is 1. The van der Waals surface area contributed by atoms with Gasteiger partial charge in [0, 0.05) is 7.05 Å². The third-order valence-electron chi connectivity index (χ3n) is 2.82. The van der Waals surface area contributed by atoms with E-state index in [4.69, 9.17) is 28.9 Å². The van der Waals surface area contributed by atoms with Crippen LogP contribution >= 0.6 is 23.2 Å². The molecule has 0 unspecified atom stereocenters. The summed E-state index contributed by atoms with van der Waals surface area (Å²) in [7, 11) is -2.31. The Bertz CT molecular complexity index is 748. The van der Waals surface area contributed by atoms with E-state index in [0.29, 0.717) is 15.7 Å². The molecule has 2 aromatic carbocycles. The van der Waals surface area contributed by atoms with Gasteiger partial charge in [0.2, 0.25) is 0 Å². The summed E-state index contributed by atoms with van der Waals surface area (Å²) in [5.74, 6) is 0. The lowest BCUT2D eigenvalue weighted by molar-refractivity contribution is 0.594. The second-order valence-electron chi connectivity index (χ2n) is 4.11. The molecule has 0 aliphatic rings. The summed E-state index contributed by atoms with van der Waals surface area (Å²) in [5, 5.41) is 0.657. The van der Waals surface area contributed by atoms with Gasteiger partial charge in [-0.1, -0.05) is 35.3 Å². The van der Waals surface area contributed by atoms with Crippen LogP contribution in [-0.2, 0) is 10.0 Å². The van der Waals surface area contributed by atoms with Crippen LogP contribution in [0.4, 0.5) is 11.4 Å². The van der Waals surface area contributed by atoms with E-state index in [1.165, 1.54) is 25.2 Å². The lowest BCUT2D eigenvalue weighted by Crippen LogP contribution is -2.26. The summed E-state index contributed by atoms with van der Waals surface area (Å²) in [6, 6.07) is 10.9. The fourth-order valence-corrected chi connectivity index (χ4v) is 3.36. The molecule has 0 aliphatic heterocycles. The molecular formula is C13H12Cl2N2O2S. The zero-order valence-corrected chi connectivity index (χ0v) is 12.9. The number of anilines is 2. The SMILES string of the molecule is CN(c1ccccc1Cl)S(=O)(=O)c1ccc(Cl)c(N)c1. The van der Waals surface area contributed by atoms with Crippen LogP contribution < -0.4 is 10.0 Å². The van der Waals surface area contributed by atoms with Gasteiger partial charge in [-0.15, -0.1) is 0 Å². The van der Waals surface area contributed by atoms with Gasteiger partial charge in [0.15, 0.2) is 0 Å². The van der Waals surface area contributed by atoms with Crippen LogP contribution in [0.1, 0.15) is 0 Å². The maximum absolute atomic E-state index is 12.5. The molecule has 4 nitrogen and oxygen atoms in total. The molecule has 0 heterocycles. The molecule has 0 atom stereocenters. The van der Waals surface area contributed by atoms with Crippen molar-refractivity contribution < 1.29 is 8.42 Å². The predicted molar refractivity (Wildman–Crippen MR) is 82.9 cm³/mol. The van der Waals surface area contributed by atoms with Crippen molar-refractivity contribution in [3.8, 4) is 0 Å². The van der Waals surface area contributed by atoms with Gasteiger partial charge in [0.1, 0.15) is 0 Å². The number of hydrogen-bond acceptors (Lipinski definition) is 3. The molecule has 0 amide bonds. The standard InChI is InChI=1S/C13H12Cl2N2O2S/c1-17(13-5-3-2-4-11(13)15)20(18,19)9-6-7-10(14)12(16)8-9/h2-8H,16H2,1H3. The highest BCUT2D eigenvalue weighted by atomic mass is 35.5. The van der Waals surface area contributed by atoms with Crippen molar-refractivity contribution in [3.63, 3.8) is 0 Å². The summed E-state index contributed by atoms with van der Waals surface area (Å²) in [5.41, 5.74) is 6.25. The fraction of sp³-hybridized carbons (Fsp3) is 0.0769. The van der Waals surface area contributed by atoms with Gasteiger partial charge in [0.05, 0.1) is 26.3 Å². The van der Waals surface area contributed by atoms with Crippen LogP contribution in [0.25, 0.3) is 0 Å². The lowest BCUT2D eigenvalue weighted by atomic mass is 10.3. The van der Waals surface area contributed by atoms with Crippen molar-refractivity contribution in [2.24, 2.45) is 0 Å². The van der Waals surface area contributed by atoms with Crippen molar-refractivity contribution in [1.82, 2.24) is 0 Å². The number of sulfonamides is 1. The number of nitrogen functional groups attached to an aromatic ring is 1. The maximum atomic E-state index is 12.5. The van der Waals surface area contributed by atoms with Crippen molar-refractivity contribution in [2.75, 3.05) is 17.1 Å². The van der Waals surface area contributed by atoms with E-state index in [1.54, 1.807) is 24.3 Å². The van der Waals surface area contributed by atoms with Gasteiger partial charge in [-0.05, 0) is 30.3 Å². The molecule has 0 bridgehead atoms.